The van der Waals surface area contributed by atoms with Gasteiger partial charge in [0.05, 0.1) is 11.6 Å². The minimum absolute atomic E-state index is 0.145. The van der Waals surface area contributed by atoms with E-state index in [2.05, 4.69) is 6.07 Å². The minimum Gasteiger partial charge on any atom is -0.341 e. The van der Waals surface area contributed by atoms with Crippen molar-refractivity contribution in [3.63, 3.8) is 0 Å². The first-order chi connectivity index (χ1) is 13.5. The van der Waals surface area contributed by atoms with Gasteiger partial charge in [-0.15, -0.1) is 0 Å². The molecule has 3 rings (SSSR count). The van der Waals surface area contributed by atoms with E-state index in [4.69, 9.17) is 0 Å². The minimum atomic E-state index is -0.335. The first kappa shape index (κ1) is 19.8. The first-order valence-electron chi connectivity index (χ1n) is 9.54. The van der Waals surface area contributed by atoms with Crippen molar-refractivity contribution in [2.45, 2.75) is 38.0 Å². The smallest absolute Gasteiger partial charge is 0.253 e. The van der Waals surface area contributed by atoms with Gasteiger partial charge < -0.3 is 9.69 Å². The molecule has 144 valence electrons. The van der Waals surface area contributed by atoms with Gasteiger partial charge in [-0.05, 0) is 66.6 Å². The Labute approximate surface area is 164 Å². The molecule has 0 heterocycles. The van der Waals surface area contributed by atoms with Crippen molar-refractivity contribution in [3.05, 3.63) is 70.0 Å². The van der Waals surface area contributed by atoms with E-state index in [0.29, 0.717) is 17.7 Å². The Balaban J connectivity index is 1.86. The third-order valence-electron chi connectivity index (χ3n) is 5.39. The molecule has 0 unspecified atom stereocenters. The Hall–Kier alpha value is -3.00. The summed E-state index contributed by atoms with van der Waals surface area (Å²) in [6.07, 6.45) is 4.90. The summed E-state index contributed by atoms with van der Waals surface area (Å²) < 4.78 is 13.2. The maximum atomic E-state index is 13.2. The van der Waals surface area contributed by atoms with Gasteiger partial charge in [0.25, 0.3) is 5.91 Å². The normalized spacial score (nSPS) is 13.9. The van der Waals surface area contributed by atoms with Crippen molar-refractivity contribution < 1.29 is 14.0 Å². The van der Waals surface area contributed by atoms with E-state index in [1.54, 1.807) is 30.1 Å². The molecule has 4 nitrogen and oxygen atoms in total. The number of rotatable bonds is 6. The van der Waals surface area contributed by atoms with Crippen LogP contribution in [0.2, 0.25) is 0 Å². The molecule has 1 aliphatic rings. The lowest BCUT2D eigenvalue weighted by molar-refractivity contribution is -0.108. The van der Waals surface area contributed by atoms with Gasteiger partial charge in [0.1, 0.15) is 12.1 Å². The Morgan fingerprint density at radius 3 is 2.64 bits per heavy atom. The molecule has 0 bridgehead atoms. The Morgan fingerprint density at radius 2 is 1.96 bits per heavy atom. The van der Waals surface area contributed by atoms with E-state index in [0.717, 1.165) is 48.7 Å². The van der Waals surface area contributed by atoms with E-state index in [-0.39, 0.29) is 24.1 Å². The molecule has 0 N–H and O–H groups in total. The van der Waals surface area contributed by atoms with Crippen LogP contribution in [0.5, 0.6) is 0 Å². The number of hydrogen-bond donors (Lipinski definition) is 0. The van der Waals surface area contributed by atoms with Gasteiger partial charge in [0.15, 0.2) is 0 Å². The fourth-order valence-corrected chi connectivity index (χ4v) is 3.91. The molecule has 0 radical (unpaired) electrons. The number of likely N-dealkylation sites (N-methyl/N-ethyl adjacent to an activating group) is 1. The second-order valence-electron chi connectivity index (χ2n) is 7.32. The summed E-state index contributed by atoms with van der Waals surface area (Å²) in [5.41, 5.74) is 4.03. The SMILES string of the molecule is CN(C[C@@H](CC=O)c1ccc(F)cc1)C(=O)c1cc(C#N)cc2c1CCCC2. The number of fused-ring (bicyclic) bond motifs is 1. The van der Waals surface area contributed by atoms with Crippen LogP contribution in [0, 0.1) is 17.1 Å². The maximum absolute atomic E-state index is 13.2. The number of amides is 1. The average Bonchev–Trinajstić information content (AvgIpc) is 2.72. The monoisotopic (exact) mass is 378 g/mol. The van der Waals surface area contributed by atoms with Gasteiger partial charge in [0.2, 0.25) is 0 Å². The molecule has 1 amide bonds. The van der Waals surface area contributed by atoms with E-state index in [1.165, 1.54) is 12.1 Å². The lowest BCUT2D eigenvalue weighted by Gasteiger charge is -2.26. The predicted molar refractivity (Wildman–Crippen MR) is 105 cm³/mol. The topological polar surface area (TPSA) is 61.2 Å². The van der Waals surface area contributed by atoms with Gasteiger partial charge in [-0.2, -0.15) is 5.26 Å². The molecule has 0 fully saturated rings. The third-order valence-corrected chi connectivity index (χ3v) is 5.39. The summed E-state index contributed by atoms with van der Waals surface area (Å²) in [5, 5.41) is 9.33. The number of carbonyl (C=O) groups is 2. The summed E-state index contributed by atoms with van der Waals surface area (Å²) in [4.78, 5) is 25.9. The summed E-state index contributed by atoms with van der Waals surface area (Å²) in [7, 11) is 1.71. The zero-order chi connectivity index (χ0) is 20.1. The van der Waals surface area contributed by atoms with Crippen LogP contribution >= 0.6 is 0 Å². The molecule has 0 spiro atoms. The Kier molecular flexibility index (Phi) is 6.20. The fourth-order valence-electron chi connectivity index (χ4n) is 3.91. The first-order valence-corrected chi connectivity index (χ1v) is 9.54. The highest BCUT2D eigenvalue weighted by Gasteiger charge is 2.24. The van der Waals surface area contributed by atoms with Crippen LogP contribution in [0.4, 0.5) is 4.39 Å². The van der Waals surface area contributed by atoms with Gasteiger partial charge in [-0.3, -0.25) is 4.79 Å². The van der Waals surface area contributed by atoms with Gasteiger partial charge in [-0.1, -0.05) is 12.1 Å². The van der Waals surface area contributed by atoms with Crippen LogP contribution < -0.4 is 0 Å². The van der Waals surface area contributed by atoms with Crippen LogP contribution in [0.15, 0.2) is 36.4 Å². The number of nitrogens with zero attached hydrogens (tertiary/aromatic N) is 2. The quantitative estimate of drug-likeness (QED) is 0.713. The molecule has 2 aromatic rings. The summed E-state index contributed by atoms with van der Waals surface area (Å²) >= 11 is 0. The standard InChI is InChI=1S/C23H23FN2O2/c1-26(15-19(10-11-27)17-6-8-20(24)9-7-17)23(28)22-13-16(14-25)12-18-4-2-3-5-21(18)22/h6-9,11-13,19H,2-5,10,15H2,1H3/t19-/m1/s1. The molecular formula is C23H23FN2O2. The van der Waals surface area contributed by atoms with Crippen molar-refractivity contribution in [2.75, 3.05) is 13.6 Å². The summed E-state index contributed by atoms with van der Waals surface area (Å²) in [5.74, 6) is -0.687. The van der Waals surface area contributed by atoms with E-state index in [1.807, 2.05) is 6.07 Å². The van der Waals surface area contributed by atoms with Crippen molar-refractivity contribution in [1.29, 1.82) is 5.26 Å². The number of halogens is 1. The summed E-state index contributed by atoms with van der Waals surface area (Å²) in [6, 6.07) is 11.7. The molecule has 5 heteroatoms. The highest BCUT2D eigenvalue weighted by atomic mass is 19.1. The molecular weight excluding hydrogens is 355 g/mol. The van der Waals surface area contributed by atoms with Crippen LogP contribution in [0.25, 0.3) is 0 Å². The lowest BCUT2D eigenvalue weighted by Crippen LogP contribution is -2.32. The number of carbonyl (C=O) groups excluding carboxylic acids is 2. The van der Waals surface area contributed by atoms with Crippen LogP contribution in [0.1, 0.15) is 57.8 Å². The maximum Gasteiger partial charge on any atom is 0.253 e. The Bertz CT molecular complexity index is 915. The number of benzene rings is 2. The van der Waals surface area contributed by atoms with Crippen LogP contribution in [0.3, 0.4) is 0 Å². The number of aryl methyl sites for hydroxylation is 1. The lowest BCUT2D eigenvalue weighted by atomic mass is 9.86. The molecule has 0 aliphatic heterocycles. The van der Waals surface area contributed by atoms with E-state index < -0.39 is 0 Å². The molecule has 0 saturated carbocycles. The van der Waals surface area contributed by atoms with E-state index in [9.17, 15) is 19.2 Å². The highest BCUT2D eigenvalue weighted by Crippen LogP contribution is 2.28. The van der Waals surface area contributed by atoms with Crippen molar-refractivity contribution >= 4 is 12.2 Å². The van der Waals surface area contributed by atoms with Crippen LogP contribution in [-0.4, -0.2) is 30.7 Å². The average molecular weight is 378 g/mol. The summed E-state index contributed by atoms with van der Waals surface area (Å²) in [6.45, 7) is 0.342. The molecule has 1 aliphatic carbocycles. The second kappa shape index (κ2) is 8.79. The predicted octanol–water partition coefficient (Wildman–Crippen LogP) is 4.02. The van der Waals surface area contributed by atoms with Crippen molar-refractivity contribution in [2.24, 2.45) is 0 Å². The number of aldehydes is 1. The fraction of sp³-hybridized carbons (Fsp3) is 0.348. The third kappa shape index (κ3) is 4.28. The van der Waals surface area contributed by atoms with Crippen molar-refractivity contribution in [1.82, 2.24) is 4.90 Å². The van der Waals surface area contributed by atoms with Crippen LogP contribution in [-0.2, 0) is 17.6 Å². The molecule has 2 aromatic carbocycles. The molecule has 1 atom stereocenters. The second-order valence-corrected chi connectivity index (χ2v) is 7.32. The number of hydrogen-bond acceptors (Lipinski definition) is 3. The largest absolute Gasteiger partial charge is 0.341 e. The molecule has 0 aromatic heterocycles. The van der Waals surface area contributed by atoms with Gasteiger partial charge in [0, 0.05) is 31.5 Å². The highest BCUT2D eigenvalue weighted by molar-refractivity contribution is 5.96. The van der Waals surface area contributed by atoms with Gasteiger partial charge in [-0.25, -0.2) is 4.39 Å². The van der Waals surface area contributed by atoms with Crippen molar-refractivity contribution in [3.8, 4) is 6.07 Å². The zero-order valence-electron chi connectivity index (χ0n) is 16.0. The molecule has 28 heavy (non-hydrogen) atoms. The van der Waals surface area contributed by atoms with E-state index >= 15 is 0 Å². The zero-order valence-corrected chi connectivity index (χ0v) is 16.0. The Morgan fingerprint density at radius 1 is 1.25 bits per heavy atom. The molecule has 0 saturated heterocycles. The number of nitriles is 1. The van der Waals surface area contributed by atoms with Gasteiger partial charge >= 0.3 is 0 Å².